The Labute approximate surface area is 195 Å². The third-order valence-corrected chi connectivity index (χ3v) is 9.71. The average Bonchev–Trinajstić information content (AvgIpc) is 3.15. The number of carbonyl (C=O) groups excluding carboxylic acids is 1. The van der Waals surface area contributed by atoms with E-state index in [-0.39, 0.29) is 18.7 Å². The Balaban J connectivity index is 1.87. The van der Waals surface area contributed by atoms with E-state index in [4.69, 9.17) is 0 Å². The summed E-state index contributed by atoms with van der Waals surface area (Å²) in [7, 11) is -4.18. The lowest BCUT2D eigenvalue weighted by Gasteiger charge is -2.36. The van der Waals surface area contributed by atoms with Gasteiger partial charge in [-0.3, -0.25) is 9.78 Å². The van der Waals surface area contributed by atoms with Crippen LogP contribution in [0.1, 0.15) is 32.9 Å². The van der Waals surface area contributed by atoms with Crippen molar-refractivity contribution in [2.75, 3.05) is 11.4 Å². The Morgan fingerprint density at radius 3 is 2.35 bits per heavy atom. The molecule has 0 bridgehead atoms. The molecule has 2 aliphatic rings. The number of pyridine rings is 1. The van der Waals surface area contributed by atoms with E-state index in [2.05, 4.69) is 11.6 Å². The number of sulfone groups is 1. The first-order valence-electron chi connectivity index (χ1n) is 10.5. The topological polar surface area (TPSA) is 67.3 Å². The minimum Gasteiger partial charge on any atom is -0.311 e. The van der Waals surface area contributed by atoms with Crippen LogP contribution in [-0.4, -0.2) is 42.0 Å². The standard InChI is InChI=1S/C23H25F5N2O3S/c1-5-22(24,25)19-9-8-17(12-29-19)30-13-16(11-20(30)31)21(3,4)34(32,33)18-10-15(23(26,27)28)7-6-14(18)2/h5-10,12,14,16,18H,1,11,13H2,2-4H3. The largest absolute Gasteiger partial charge is 0.416 e. The zero-order chi connectivity index (χ0) is 25.7. The number of hydrogen-bond donors (Lipinski definition) is 0. The van der Waals surface area contributed by atoms with Gasteiger partial charge in [-0.2, -0.15) is 22.0 Å². The molecule has 1 aliphatic carbocycles. The molecule has 0 saturated carbocycles. The summed E-state index contributed by atoms with van der Waals surface area (Å²) in [5, 5.41) is -1.41. The number of carbonyl (C=O) groups is 1. The summed E-state index contributed by atoms with van der Waals surface area (Å²) in [5.41, 5.74) is -1.36. The van der Waals surface area contributed by atoms with Crippen LogP contribution in [0, 0.1) is 11.8 Å². The monoisotopic (exact) mass is 504 g/mol. The molecule has 1 amide bonds. The number of alkyl halides is 5. The number of anilines is 1. The van der Waals surface area contributed by atoms with E-state index in [9.17, 15) is 35.2 Å². The molecule has 1 fully saturated rings. The van der Waals surface area contributed by atoms with Crippen molar-refractivity contribution in [2.24, 2.45) is 11.8 Å². The summed E-state index contributed by atoms with van der Waals surface area (Å²) in [4.78, 5) is 17.6. The highest BCUT2D eigenvalue weighted by atomic mass is 32.2. The molecule has 3 unspecified atom stereocenters. The molecule has 1 aromatic heterocycles. The zero-order valence-electron chi connectivity index (χ0n) is 18.8. The van der Waals surface area contributed by atoms with Crippen LogP contribution < -0.4 is 4.90 Å². The highest BCUT2D eigenvalue weighted by molar-refractivity contribution is 7.93. The molecule has 1 saturated heterocycles. The minimum atomic E-state index is -4.68. The summed E-state index contributed by atoms with van der Waals surface area (Å²) >= 11 is 0. The van der Waals surface area contributed by atoms with E-state index in [1.807, 2.05) is 0 Å². The van der Waals surface area contributed by atoms with Gasteiger partial charge in [0.05, 0.1) is 27.5 Å². The maximum Gasteiger partial charge on any atom is 0.416 e. The summed E-state index contributed by atoms with van der Waals surface area (Å²) in [5.74, 6) is -5.20. The number of hydrogen-bond acceptors (Lipinski definition) is 4. The van der Waals surface area contributed by atoms with Crippen molar-refractivity contribution in [3.63, 3.8) is 0 Å². The van der Waals surface area contributed by atoms with Crippen LogP contribution in [0.3, 0.4) is 0 Å². The summed E-state index contributed by atoms with van der Waals surface area (Å²) in [6, 6.07) is 2.34. The molecule has 0 aromatic carbocycles. The quantitative estimate of drug-likeness (QED) is 0.405. The molecule has 186 valence electrons. The van der Waals surface area contributed by atoms with Crippen molar-refractivity contribution in [3.05, 3.63) is 60.5 Å². The fraction of sp³-hybridized carbons (Fsp3) is 0.478. The van der Waals surface area contributed by atoms with Crippen molar-refractivity contribution in [1.82, 2.24) is 4.98 Å². The molecular formula is C23H25F5N2O3S. The molecule has 1 aromatic rings. The van der Waals surface area contributed by atoms with Gasteiger partial charge in [0.1, 0.15) is 5.69 Å². The van der Waals surface area contributed by atoms with Gasteiger partial charge < -0.3 is 4.90 Å². The number of amides is 1. The van der Waals surface area contributed by atoms with E-state index in [0.717, 1.165) is 24.4 Å². The maximum absolute atomic E-state index is 13.7. The summed E-state index contributed by atoms with van der Waals surface area (Å²) in [6.07, 6.45) is -0.477. The Bertz CT molecular complexity index is 1140. The van der Waals surface area contributed by atoms with Crippen LogP contribution in [-0.2, 0) is 20.6 Å². The highest BCUT2D eigenvalue weighted by Crippen LogP contribution is 2.42. The number of rotatable bonds is 6. The predicted octanol–water partition coefficient (Wildman–Crippen LogP) is 4.97. The molecule has 0 radical (unpaired) electrons. The Kier molecular flexibility index (Phi) is 6.58. The van der Waals surface area contributed by atoms with Crippen molar-refractivity contribution < 1.29 is 35.2 Å². The normalized spacial score (nSPS) is 24.4. The molecule has 0 N–H and O–H groups in total. The molecule has 3 rings (SSSR count). The second-order valence-electron chi connectivity index (χ2n) is 9.09. The van der Waals surface area contributed by atoms with Crippen molar-refractivity contribution in [3.8, 4) is 0 Å². The van der Waals surface area contributed by atoms with Gasteiger partial charge in [-0.1, -0.05) is 31.7 Å². The van der Waals surface area contributed by atoms with Crippen LogP contribution in [0.2, 0.25) is 0 Å². The Hall–Kier alpha value is -2.56. The SMILES string of the molecule is C=CC(F)(F)c1ccc(N2CC(C(C)(C)S(=O)(=O)C3C=C(C(F)(F)F)C=CC3C)CC2=O)cn1. The minimum absolute atomic E-state index is 0.0449. The first kappa shape index (κ1) is 26.1. The van der Waals surface area contributed by atoms with E-state index in [1.54, 1.807) is 0 Å². The number of allylic oxidation sites excluding steroid dienone is 4. The van der Waals surface area contributed by atoms with E-state index < -0.39 is 60.9 Å². The summed E-state index contributed by atoms with van der Waals surface area (Å²) in [6.45, 7) is 7.35. The third-order valence-electron chi connectivity index (χ3n) is 6.63. The number of nitrogens with zero attached hydrogens (tertiary/aromatic N) is 2. The van der Waals surface area contributed by atoms with Crippen LogP contribution in [0.5, 0.6) is 0 Å². The van der Waals surface area contributed by atoms with Crippen molar-refractivity contribution in [2.45, 2.75) is 49.3 Å². The van der Waals surface area contributed by atoms with Gasteiger partial charge in [-0.15, -0.1) is 0 Å². The summed E-state index contributed by atoms with van der Waals surface area (Å²) < 4.78 is 92.6. The molecule has 2 heterocycles. The van der Waals surface area contributed by atoms with Crippen LogP contribution >= 0.6 is 0 Å². The van der Waals surface area contributed by atoms with E-state index in [1.165, 1.54) is 37.8 Å². The molecule has 11 heteroatoms. The predicted molar refractivity (Wildman–Crippen MR) is 118 cm³/mol. The fourth-order valence-electron chi connectivity index (χ4n) is 4.16. The second kappa shape index (κ2) is 8.58. The second-order valence-corrected chi connectivity index (χ2v) is 11.8. The molecule has 5 nitrogen and oxygen atoms in total. The van der Waals surface area contributed by atoms with Crippen LogP contribution in [0.25, 0.3) is 0 Å². The lowest BCUT2D eigenvalue weighted by molar-refractivity contribution is -0.117. The molecule has 3 atom stereocenters. The van der Waals surface area contributed by atoms with Crippen LogP contribution in [0.4, 0.5) is 27.6 Å². The Morgan fingerprint density at radius 2 is 1.82 bits per heavy atom. The number of halogens is 5. The molecule has 1 aliphatic heterocycles. The van der Waals surface area contributed by atoms with Gasteiger partial charge in [0.2, 0.25) is 5.91 Å². The van der Waals surface area contributed by atoms with Gasteiger partial charge in [-0.25, -0.2) is 8.42 Å². The maximum atomic E-state index is 13.7. The number of aromatic nitrogens is 1. The fourth-order valence-corrected chi connectivity index (χ4v) is 6.47. The van der Waals surface area contributed by atoms with Gasteiger partial charge in [0, 0.05) is 18.9 Å². The highest BCUT2D eigenvalue weighted by Gasteiger charge is 2.51. The lowest BCUT2D eigenvalue weighted by Crippen LogP contribution is -2.48. The van der Waals surface area contributed by atoms with Crippen molar-refractivity contribution >= 4 is 21.4 Å². The smallest absolute Gasteiger partial charge is 0.311 e. The Morgan fingerprint density at radius 1 is 1.18 bits per heavy atom. The van der Waals surface area contributed by atoms with E-state index in [0.29, 0.717) is 6.08 Å². The van der Waals surface area contributed by atoms with E-state index >= 15 is 0 Å². The van der Waals surface area contributed by atoms with Crippen molar-refractivity contribution in [1.29, 1.82) is 0 Å². The molecule has 34 heavy (non-hydrogen) atoms. The average molecular weight is 505 g/mol. The third kappa shape index (κ3) is 4.54. The van der Waals surface area contributed by atoms with Gasteiger partial charge >= 0.3 is 12.1 Å². The molecule has 0 spiro atoms. The van der Waals surface area contributed by atoms with Gasteiger partial charge in [0.15, 0.2) is 9.84 Å². The zero-order valence-corrected chi connectivity index (χ0v) is 19.6. The first-order chi connectivity index (χ1) is 15.5. The van der Waals surface area contributed by atoms with Crippen LogP contribution in [0.15, 0.2) is 54.8 Å². The molecular weight excluding hydrogens is 479 g/mol. The van der Waals surface area contributed by atoms with Gasteiger partial charge in [0.25, 0.3) is 0 Å². The first-order valence-corrected chi connectivity index (χ1v) is 12.1. The van der Waals surface area contributed by atoms with Gasteiger partial charge in [-0.05, 0) is 38.0 Å². The lowest BCUT2D eigenvalue weighted by atomic mass is 9.94.